The number of aryl methyl sites for hydroxylation is 2. The molecule has 4 nitrogen and oxygen atoms in total. The zero-order valence-electron chi connectivity index (χ0n) is 18.4. The average molecular weight is 537 g/mol. The molecule has 1 unspecified atom stereocenters. The molecule has 202 valence electrons. The minimum atomic E-state index is -5.65. The minimum absolute atomic E-state index is 0.127. The first kappa shape index (κ1) is 29.5. The summed E-state index contributed by atoms with van der Waals surface area (Å²) in [4.78, 5) is -1.60. The van der Waals surface area contributed by atoms with Crippen LogP contribution in [0.15, 0.2) is 48.5 Å². The summed E-state index contributed by atoms with van der Waals surface area (Å²) in [5, 5.41) is 0. The lowest BCUT2D eigenvalue weighted by Gasteiger charge is -2.27. The van der Waals surface area contributed by atoms with Gasteiger partial charge in [-0.2, -0.15) is 26.3 Å². The van der Waals surface area contributed by atoms with E-state index in [0.717, 1.165) is 6.07 Å². The molecule has 0 aliphatic heterocycles. The van der Waals surface area contributed by atoms with Crippen LogP contribution < -0.4 is 9.47 Å². The van der Waals surface area contributed by atoms with E-state index in [4.69, 9.17) is 4.74 Å². The fourth-order valence-electron chi connectivity index (χ4n) is 3.20. The van der Waals surface area contributed by atoms with E-state index < -0.39 is 62.1 Å². The van der Waals surface area contributed by atoms with Crippen molar-refractivity contribution in [2.75, 3.05) is 13.4 Å². The fourth-order valence-corrected chi connectivity index (χ4v) is 3.20. The zero-order chi connectivity index (χ0) is 27.0. The number of alkyl halides is 10. The largest absolute Gasteiger partial charge is 0.573 e. The Bertz CT molecular complexity index is 933. The van der Waals surface area contributed by atoms with Crippen molar-refractivity contribution in [3.63, 3.8) is 0 Å². The Morgan fingerprint density at radius 1 is 0.806 bits per heavy atom. The predicted molar refractivity (Wildman–Crippen MR) is 107 cm³/mol. The van der Waals surface area contributed by atoms with Crippen molar-refractivity contribution in [3.05, 3.63) is 59.7 Å². The molecule has 0 saturated carbocycles. The van der Waals surface area contributed by atoms with Crippen molar-refractivity contribution in [3.8, 4) is 11.5 Å². The first-order chi connectivity index (χ1) is 16.7. The van der Waals surface area contributed by atoms with Gasteiger partial charge in [-0.15, -0.1) is 18.1 Å². The normalized spacial score (nSPS) is 13.6. The number of hydrogen-bond donors (Lipinski definition) is 0. The number of ether oxygens (including phenoxy) is 3. The van der Waals surface area contributed by atoms with Crippen LogP contribution in [0.2, 0.25) is 0 Å². The van der Waals surface area contributed by atoms with Gasteiger partial charge in [-0.05, 0) is 48.6 Å². The molecular weight excluding hydrogens is 516 g/mol. The molecule has 2 rings (SSSR count). The van der Waals surface area contributed by atoms with Crippen LogP contribution in [0.1, 0.15) is 24.0 Å². The molecule has 1 atom stereocenters. The van der Waals surface area contributed by atoms with Crippen LogP contribution in [-0.4, -0.2) is 43.6 Å². The number of rotatable bonds is 12. The predicted octanol–water partition coefficient (Wildman–Crippen LogP) is 7.14. The number of benzene rings is 2. The zero-order valence-corrected chi connectivity index (χ0v) is 18.4. The molecule has 0 radical (unpaired) electrons. The third kappa shape index (κ3) is 10.1. The summed E-state index contributed by atoms with van der Waals surface area (Å²) in [7, 11) is 0. The summed E-state index contributed by atoms with van der Waals surface area (Å²) in [5.41, 5.74) is 0.988. The van der Waals surface area contributed by atoms with Crippen LogP contribution >= 0.6 is 0 Å². The first-order valence-corrected chi connectivity index (χ1v) is 10.4. The van der Waals surface area contributed by atoms with Crippen molar-refractivity contribution >= 4 is 0 Å². The highest BCUT2D eigenvalue weighted by atomic mass is 19.4. The second kappa shape index (κ2) is 12.5. The maximum absolute atomic E-state index is 12.8. The lowest BCUT2D eigenvalue weighted by atomic mass is 10.0. The Morgan fingerprint density at radius 2 is 1.47 bits per heavy atom. The van der Waals surface area contributed by atoms with E-state index >= 15 is 0 Å². The van der Waals surface area contributed by atoms with Gasteiger partial charge in [0.1, 0.15) is 11.5 Å². The summed E-state index contributed by atoms with van der Waals surface area (Å²) in [5.74, 6) is -0.283. The smallest absolute Gasteiger partial charge is 0.465 e. The van der Waals surface area contributed by atoms with Gasteiger partial charge in [0.2, 0.25) is 6.29 Å². The molecule has 36 heavy (non-hydrogen) atoms. The molecule has 14 heteroatoms. The highest BCUT2D eigenvalue weighted by Crippen LogP contribution is 2.34. The first-order valence-electron chi connectivity index (χ1n) is 10.4. The number of nitrogens with zero attached hydrogens (tertiary/aromatic N) is 1. The van der Waals surface area contributed by atoms with Gasteiger partial charge in [0.25, 0.3) is 0 Å². The van der Waals surface area contributed by atoms with Crippen LogP contribution in [0.5, 0.6) is 11.5 Å². The molecule has 2 aromatic carbocycles. The molecule has 0 aliphatic rings. The Balaban J connectivity index is 2.04. The van der Waals surface area contributed by atoms with Gasteiger partial charge in [-0.3, -0.25) is 0 Å². The standard InChI is InChI=1S/C22H21F10NO3/c23-14-34-19(9-4-12-33(20(24,25)26)21(27,28)29)35-18-8-2-1-6-16(18)11-10-15-5-3-7-17(13-15)36-22(30,31)32/h1-3,5-8,13,19H,4,9-12,14H2. The average Bonchev–Trinajstić information content (AvgIpc) is 2.73. The van der Waals surface area contributed by atoms with Crippen LogP contribution in [0, 0.1) is 0 Å². The Kier molecular flexibility index (Phi) is 10.2. The van der Waals surface area contributed by atoms with Crippen LogP contribution in [-0.2, 0) is 17.6 Å². The van der Waals surface area contributed by atoms with E-state index in [0.29, 0.717) is 11.1 Å². The van der Waals surface area contributed by atoms with Crippen LogP contribution in [0.4, 0.5) is 43.9 Å². The van der Waals surface area contributed by atoms with Crippen molar-refractivity contribution < 1.29 is 58.1 Å². The van der Waals surface area contributed by atoms with Gasteiger partial charge in [0, 0.05) is 13.0 Å². The van der Waals surface area contributed by atoms with E-state index in [-0.39, 0.29) is 18.6 Å². The van der Waals surface area contributed by atoms with Crippen molar-refractivity contribution in [2.45, 2.75) is 50.9 Å². The van der Waals surface area contributed by atoms with E-state index in [9.17, 15) is 43.9 Å². The molecule has 2 aromatic rings. The maximum atomic E-state index is 12.8. The van der Waals surface area contributed by atoms with Gasteiger partial charge in [0.15, 0.2) is 6.86 Å². The van der Waals surface area contributed by atoms with Crippen LogP contribution in [0.25, 0.3) is 0 Å². The molecule has 0 bridgehead atoms. The van der Waals surface area contributed by atoms with Crippen molar-refractivity contribution in [1.82, 2.24) is 4.90 Å². The lowest BCUT2D eigenvalue weighted by molar-refractivity contribution is -0.373. The fraction of sp³-hybridized carbons (Fsp3) is 0.455. The number of hydrogen-bond acceptors (Lipinski definition) is 4. The summed E-state index contributed by atoms with van der Waals surface area (Å²) >= 11 is 0. The molecule has 0 amide bonds. The molecule has 0 aliphatic carbocycles. The van der Waals surface area contributed by atoms with Crippen molar-refractivity contribution in [2.24, 2.45) is 0 Å². The SMILES string of the molecule is FCOC(CCCN(C(F)(F)F)C(F)(F)F)Oc1ccccc1CCc1cccc(OC(F)(F)F)c1. The summed E-state index contributed by atoms with van der Waals surface area (Å²) in [6.07, 6.45) is -18.4. The molecular formula is C22H21F10NO3. The molecule has 0 N–H and O–H groups in total. The van der Waals surface area contributed by atoms with Gasteiger partial charge in [0.05, 0.1) is 0 Å². The third-order valence-electron chi connectivity index (χ3n) is 4.73. The lowest BCUT2D eigenvalue weighted by Crippen LogP contribution is -2.48. The van der Waals surface area contributed by atoms with E-state index in [1.165, 1.54) is 24.3 Å². The monoisotopic (exact) mass is 537 g/mol. The second-order valence-electron chi connectivity index (χ2n) is 7.36. The van der Waals surface area contributed by atoms with Crippen LogP contribution in [0.3, 0.4) is 0 Å². The molecule has 0 spiro atoms. The highest BCUT2D eigenvalue weighted by Gasteiger charge is 2.53. The minimum Gasteiger partial charge on any atom is -0.465 e. The topological polar surface area (TPSA) is 30.9 Å². The van der Waals surface area contributed by atoms with E-state index in [1.807, 2.05) is 0 Å². The Morgan fingerprint density at radius 3 is 2.08 bits per heavy atom. The Hall–Kier alpha value is -2.74. The summed E-state index contributed by atoms with van der Waals surface area (Å²) in [6, 6.07) is 11.4. The molecule has 0 heterocycles. The second-order valence-corrected chi connectivity index (χ2v) is 7.36. The summed E-state index contributed by atoms with van der Waals surface area (Å²) < 4.78 is 140. The van der Waals surface area contributed by atoms with Gasteiger partial charge < -0.3 is 14.2 Å². The third-order valence-corrected chi connectivity index (χ3v) is 4.73. The van der Waals surface area contributed by atoms with Gasteiger partial charge in [-0.1, -0.05) is 30.3 Å². The van der Waals surface area contributed by atoms with Gasteiger partial charge in [-0.25, -0.2) is 4.39 Å². The Labute approximate surface area is 199 Å². The van der Waals surface area contributed by atoms with Gasteiger partial charge >= 0.3 is 19.0 Å². The quantitative estimate of drug-likeness (QED) is 0.164. The molecule has 0 aromatic heterocycles. The number of para-hydroxylation sites is 1. The molecule has 0 saturated heterocycles. The summed E-state index contributed by atoms with van der Waals surface area (Å²) in [6.45, 7) is -2.85. The van der Waals surface area contributed by atoms with Crippen molar-refractivity contribution in [1.29, 1.82) is 0 Å². The van der Waals surface area contributed by atoms with E-state index in [2.05, 4.69) is 9.47 Å². The highest BCUT2D eigenvalue weighted by molar-refractivity contribution is 5.35. The molecule has 0 fully saturated rings. The maximum Gasteiger partial charge on any atom is 0.573 e. The van der Waals surface area contributed by atoms with E-state index in [1.54, 1.807) is 18.2 Å². The number of halogens is 10.